The van der Waals surface area contributed by atoms with Gasteiger partial charge in [0.15, 0.2) is 0 Å². The smallest absolute Gasteiger partial charge is 0.0717 e. The van der Waals surface area contributed by atoms with Gasteiger partial charge in [0.1, 0.15) is 0 Å². The molecule has 0 heterocycles. The molecule has 0 N–H and O–H groups in total. The van der Waals surface area contributed by atoms with Crippen LogP contribution in [-0.4, -0.2) is 6.61 Å². The van der Waals surface area contributed by atoms with Crippen molar-refractivity contribution in [3.63, 3.8) is 0 Å². The van der Waals surface area contributed by atoms with Crippen LogP contribution >= 0.6 is 0 Å². The van der Waals surface area contributed by atoms with Crippen molar-refractivity contribution in [2.24, 2.45) is 11.8 Å². The van der Waals surface area contributed by atoms with Crippen LogP contribution in [0.25, 0.3) is 0 Å². The fraction of sp³-hybridized carbons (Fsp3) is 0.515. The third-order valence-electron chi connectivity index (χ3n) is 7.51. The summed E-state index contributed by atoms with van der Waals surface area (Å²) < 4.78 is 5.64. The van der Waals surface area contributed by atoms with E-state index < -0.39 is 0 Å². The third-order valence-corrected chi connectivity index (χ3v) is 7.51. The van der Waals surface area contributed by atoms with Crippen molar-refractivity contribution in [3.05, 3.63) is 96.1 Å². The molecule has 1 nitrogen and oxygen atoms in total. The first-order valence-electron chi connectivity index (χ1n) is 13.7. The number of allylic oxidation sites excluding steroid dienone is 1. The van der Waals surface area contributed by atoms with Crippen molar-refractivity contribution >= 4 is 0 Å². The van der Waals surface area contributed by atoms with E-state index in [0.29, 0.717) is 6.61 Å². The van der Waals surface area contributed by atoms with Gasteiger partial charge >= 0.3 is 0 Å². The van der Waals surface area contributed by atoms with Gasteiger partial charge in [0.2, 0.25) is 0 Å². The summed E-state index contributed by atoms with van der Waals surface area (Å²) in [6, 6.07) is 18.4. The molecule has 184 valence electrons. The molecule has 1 fully saturated rings. The average molecular weight is 459 g/mol. The van der Waals surface area contributed by atoms with Gasteiger partial charge in [-0.1, -0.05) is 73.5 Å². The molecular weight excluding hydrogens is 412 g/mol. The molecule has 1 aliphatic rings. The second-order valence-electron chi connectivity index (χ2n) is 10.2. The van der Waals surface area contributed by atoms with Gasteiger partial charge in [-0.05, 0) is 105 Å². The molecule has 34 heavy (non-hydrogen) atoms. The third kappa shape index (κ3) is 10.0. The van der Waals surface area contributed by atoms with Crippen molar-refractivity contribution in [2.75, 3.05) is 6.61 Å². The van der Waals surface area contributed by atoms with E-state index in [1.54, 1.807) is 0 Å². The molecular formula is C33H46O. The SMILES string of the molecule is C=CCCOCc1ccc(CCCCc2ccc(CCCCC3CCC(C=C)CC3)cc2)cc1. The minimum Gasteiger partial charge on any atom is -0.376 e. The maximum absolute atomic E-state index is 5.64. The minimum atomic E-state index is 0.696. The summed E-state index contributed by atoms with van der Waals surface area (Å²) in [7, 11) is 0. The number of ether oxygens (including phenoxy) is 1. The van der Waals surface area contributed by atoms with Crippen LogP contribution in [0.15, 0.2) is 73.8 Å². The first-order valence-corrected chi connectivity index (χ1v) is 13.7. The maximum Gasteiger partial charge on any atom is 0.0717 e. The van der Waals surface area contributed by atoms with Crippen molar-refractivity contribution < 1.29 is 4.74 Å². The zero-order valence-electron chi connectivity index (χ0n) is 21.4. The van der Waals surface area contributed by atoms with Crippen molar-refractivity contribution in [1.29, 1.82) is 0 Å². The van der Waals surface area contributed by atoms with E-state index in [4.69, 9.17) is 4.74 Å². The highest BCUT2D eigenvalue weighted by molar-refractivity contribution is 5.23. The highest BCUT2D eigenvalue weighted by atomic mass is 16.5. The number of unbranched alkanes of at least 4 members (excludes halogenated alkanes) is 2. The van der Waals surface area contributed by atoms with E-state index in [1.165, 1.54) is 92.9 Å². The predicted molar refractivity (Wildman–Crippen MR) is 147 cm³/mol. The molecule has 1 aliphatic carbocycles. The first-order chi connectivity index (χ1) is 16.8. The van der Waals surface area contributed by atoms with Gasteiger partial charge in [-0.25, -0.2) is 0 Å². The Morgan fingerprint density at radius 2 is 1.18 bits per heavy atom. The van der Waals surface area contributed by atoms with Crippen LogP contribution in [0.2, 0.25) is 0 Å². The number of hydrogen-bond acceptors (Lipinski definition) is 1. The van der Waals surface area contributed by atoms with Crippen molar-refractivity contribution in [3.8, 4) is 0 Å². The van der Waals surface area contributed by atoms with Gasteiger partial charge in [0, 0.05) is 0 Å². The Kier molecular flexibility index (Phi) is 12.2. The second-order valence-corrected chi connectivity index (χ2v) is 10.2. The predicted octanol–water partition coefficient (Wildman–Crippen LogP) is 9.05. The molecule has 0 atom stereocenters. The van der Waals surface area contributed by atoms with Gasteiger partial charge in [0.05, 0.1) is 13.2 Å². The van der Waals surface area contributed by atoms with Crippen molar-refractivity contribution in [2.45, 2.75) is 90.1 Å². The molecule has 0 bridgehead atoms. The van der Waals surface area contributed by atoms with E-state index in [-0.39, 0.29) is 0 Å². The minimum absolute atomic E-state index is 0.696. The zero-order valence-corrected chi connectivity index (χ0v) is 21.4. The summed E-state index contributed by atoms with van der Waals surface area (Å²) in [5, 5.41) is 0. The first kappa shape index (κ1) is 26.5. The summed E-state index contributed by atoms with van der Waals surface area (Å²) in [6.45, 7) is 9.14. The molecule has 1 saturated carbocycles. The fourth-order valence-electron chi connectivity index (χ4n) is 5.16. The lowest BCUT2D eigenvalue weighted by atomic mass is 9.80. The lowest BCUT2D eigenvalue weighted by Crippen LogP contribution is -2.12. The van der Waals surface area contributed by atoms with Gasteiger partial charge in [-0.15, -0.1) is 13.2 Å². The second kappa shape index (κ2) is 15.7. The Morgan fingerprint density at radius 3 is 1.68 bits per heavy atom. The largest absolute Gasteiger partial charge is 0.376 e. The molecule has 0 spiro atoms. The standard InChI is InChI=1S/C33H46O/c1-3-5-26-34-27-33-24-22-32(23-25-33)13-9-8-12-31-20-18-30(19-21-31)11-7-6-10-29-16-14-28(4-2)15-17-29/h3-4,18-25,28-29H,1-2,5-17,26-27H2. The molecule has 3 rings (SSSR count). The molecule has 0 aromatic heterocycles. The van der Waals surface area contributed by atoms with Crippen LogP contribution in [-0.2, 0) is 30.6 Å². The normalized spacial score (nSPS) is 18.0. The Balaban J connectivity index is 1.24. The molecule has 0 saturated heterocycles. The van der Waals surface area contributed by atoms with Crippen LogP contribution in [0, 0.1) is 11.8 Å². The van der Waals surface area contributed by atoms with E-state index in [1.807, 2.05) is 6.08 Å². The summed E-state index contributed by atoms with van der Waals surface area (Å²) >= 11 is 0. The molecule has 0 radical (unpaired) electrons. The topological polar surface area (TPSA) is 9.23 Å². The Hall–Kier alpha value is -2.12. The maximum atomic E-state index is 5.64. The number of rotatable bonds is 16. The molecule has 2 aromatic rings. The van der Waals surface area contributed by atoms with Gasteiger partial charge in [-0.3, -0.25) is 0 Å². The van der Waals surface area contributed by atoms with Crippen molar-refractivity contribution in [1.82, 2.24) is 0 Å². The van der Waals surface area contributed by atoms with E-state index in [0.717, 1.165) is 31.3 Å². The lowest BCUT2D eigenvalue weighted by Gasteiger charge is -2.26. The quantitative estimate of drug-likeness (QED) is 0.180. The summed E-state index contributed by atoms with van der Waals surface area (Å²) in [5.41, 5.74) is 5.67. The molecule has 0 amide bonds. The fourth-order valence-corrected chi connectivity index (χ4v) is 5.16. The van der Waals surface area contributed by atoms with Gasteiger partial charge in [0.25, 0.3) is 0 Å². The number of hydrogen-bond donors (Lipinski definition) is 0. The lowest BCUT2D eigenvalue weighted by molar-refractivity contribution is 0.125. The molecule has 0 aliphatic heterocycles. The van der Waals surface area contributed by atoms with Crippen LogP contribution in [0.1, 0.15) is 86.5 Å². The monoisotopic (exact) mass is 458 g/mol. The molecule has 2 aromatic carbocycles. The number of aryl methyl sites for hydroxylation is 3. The van der Waals surface area contributed by atoms with E-state index in [9.17, 15) is 0 Å². The van der Waals surface area contributed by atoms with E-state index >= 15 is 0 Å². The van der Waals surface area contributed by atoms with Crippen LogP contribution < -0.4 is 0 Å². The number of benzene rings is 2. The summed E-state index contributed by atoms with van der Waals surface area (Å²) in [4.78, 5) is 0. The Morgan fingerprint density at radius 1 is 0.676 bits per heavy atom. The van der Waals surface area contributed by atoms with Gasteiger partial charge in [-0.2, -0.15) is 0 Å². The average Bonchev–Trinajstić information content (AvgIpc) is 2.89. The highest BCUT2D eigenvalue weighted by Crippen LogP contribution is 2.32. The highest BCUT2D eigenvalue weighted by Gasteiger charge is 2.18. The van der Waals surface area contributed by atoms with Crippen LogP contribution in [0.3, 0.4) is 0 Å². The molecule has 0 unspecified atom stereocenters. The Labute approximate surface area is 209 Å². The van der Waals surface area contributed by atoms with Gasteiger partial charge < -0.3 is 4.74 Å². The van der Waals surface area contributed by atoms with Crippen LogP contribution in [0.5, 0.6) is 0 Å². The zero-order chi connectivity index (χ0) is 23.8. The van der Waals surface area contributed by atoms with E-state index in [2.05, 4.69) is 67.8 Å². The molecule has 1 heteroatoms. The van der Waals surface area contributed by atoms with Crippen LogP contribution in [0.4, 0.5) is 0 Å². The Bertz CT molecular complexity index is 809. The summed E-state index contributed by atoms with van der Waals surface area (Å²) in [5.74, 6) is 1.76. The summed E-state index contributed by atoms with van der Waals surface area (Å²) in [6.07, 6.45) is 20.8.